The topological polar surface area (TPSA) is 261 Å². The number of aliphatic carboxylic acids is 1. The number of nitrogens with two attached hydrogens (primary N) is 3. The fourth-order valence-electron chi connectivity index (χ4n) is 2.96. The Bertz CT molecular complexity index is 747. The Hall–Kier alpha value is -2.82. The molecule has 15 heteroatoms. The van der Waals surface area contributed by atoms with Gasteiger partial charge in [0.1, 0.15) is 6.29 Å². The van der Waals surface area contributed by atoms with Crippen LogP contribution in [0.5, 0.6) is 0 Å². The first kappa shape index (κ1) is 32.2. The lowest BCUT2D eigenvalue weighted by Crippen LogP contribution is -2.58. The number of hydrogen-bond donors (Lipinski definition) is 9. The lowest BCUT2D eigenvalue weighted by atomic mass is 10.0. The molecule has 0 fully saturated rings. The molecule has 0 rings (SSSR count). The minimum Gasteiger partial charge on any atom is -0.481 e. The van der Waals surface area contributed by atoms with Crippen molar-refractivity contribution in [3.8, 4) is 0 Å². The van der Waals surface area contributed by atoms with E-state index in [9.17, 15) is 28.8 Å². The molecule has 15 nitrogen and oxygen atoms in total. The molecule has 0 saturated carbocycles. The van der Waals surface area contributed by atoms with Crippen LogP contribution in [-0.2, 0) is 28.8 Å². The quantitative estimate of drug-likeness (QED) is 0.0313. The van der Waals surface area contributed by atoms with E-state index in [0.29, 0.717) is 13.0 Å². The van der Waals surface area contributed by atoms with Crippen molar-refractivity contribution >= 4 is 35.1 Å². The normalized spacial score (nSPS) is 13.6. The van der Waals surface area contributed by atoms with Gasteiger partial charge in [0.15, 0.2) is 5.78 Å². The van der Waals surface area contributed by atoms with E-state index in [0.717, 1.165) is 0 Å². The zero-order chi connectivity index (χ0) is 27.0. The number of likely N-dealkylation sites (N-methyl/N-ethyl adjacent to an activating group) is 1. The van der Waals surface area contributed by atoms with E-state index in [4.69, 9.17) is 22.3 Å². The molecule has 0 aliphatic carbocycles. The van der Waals surface area contributed by atoms with Gasteiger partial charge in [-0.05, 0) is 46.2 Å². The Morgan fingerprint density at radius 1 is 0.886 bits per heavy atom. The van der Waals surface area contributed by atoms with E-state index in [-0.39, 0.29) is 38.6 Å². The summed E-state index contributed by atoms with van der Waals surface area (Å²) in [5, 5.41) is 16.7. The van der Waals surface area contributed by atoms with Crippen LogP contribution >= 0.6 is 0 Å². The molecule has 200 valence electrons. The van der Waals surface area contributed by atoms with Crippen molar-refractivity contribution < 1.29 is 33.9 Å². The Morgan fingerprint density at radius 3 is 2.00 bits per heavy atom. The first-order chi connectivity index (χ1) is 16.4. The van der Waals surface area contributed by atoms with Crippen LogP contribution in [0.3, 0.4) is 0 Å². The molecule has 2 amide bonds. The van der Waals surface area contributed by atoms with Crippen LogP contribution in [0.15, 0.2) is 0 Å². The first-order valence-electron chi connectivity index (χ1n) is 11.2. The molecular formula is C20H38N8O7. The summed E-state index contributed by atoms with van der Waals surface area (Å²) in [5.74, 6) is -4.40. The molecule has 0 saturated heterocycles. The standard InChI is InChI=1S/C20H38N8O7/c1-11(29)12(6-8-17(32)33)26-19(35)14(4-3-9-25-20(22)23)28-27-13(5-7-16(21)31)18(34)15(30)10-24-2/h12-14,20,24-25,27-28H,3-10,22-23H2,1-2H3,(H2,21,31)(H,26,35)(H,32,33)/t12-,13-,14-/m0/s1. The summed E-state index contributed by atoms with van der Waals surface area (Å²) in [6.07, 6.45) is -0.882. The van der Waals surface area contributed by atoms with Gasteiger partial charge in [-0.1, -0.05) is 0 Å². The largest absolute Gasteiger partial charge is 0.481 e. The summed E-state index contributed by atoms with van der Waals surface area (Å²) in [4.78, 5) is 71.4. The van der Waals surface area contributed by atoms with E-state index >= 15 is 0 Å². The maximum atomic E-state index is 12.9. The van der Waals surface area contributed by atoms with Crippen LogP contribution in [0, 0.1) is 0 Å². The molecule has 0 aliphatic rings. The summed E-state index contributed by atoms with van der Waals surface area (Å²) < 4.78 is 0. The summed E-state index contributed by atoms with van der Waals surface area (Å²) in [6.45, 7) is 1.36. The number of amides is 2. The lowest BCUT2D eigenvalue weighted by Gasteiger charge is -2.25. The van der Waals surface area contributed by atoms with Gasteiger partial charge in [0.2, 0.25) is 23.4 Å². The van der Waals surface area contributed by atoms with Crippen molar-refractivity contribution in [2.24, 2.45) is 17.2 Å². The van der Waals surface area contributed by atoms with Crippen molar-refractivity contribution in [3.05, 3.63) is 0 Å². The Balaban J connectivity index is 5.45. The predicted molar refractivity (Wildman–Crippen MR) is 125 cm³/mol. The Kier molecular flexibility index (Phi) is 16.2. The molecule has 3 atom stereocenters. The fraction of sp³-hybridized carbons (Fsp3) is 0.700. The van der Waals surface area contributed by atoms with Gasteiger partial charge in [-0.15, -0.1) is 0 Å². The SMILES string of the molecule is CNCC(=O)C(=O)[C@H](CCC(N)=O)NN[C@@H](CCCNC(N)N)C(=O)N[C@@H](CCC(=O)O)C(C)=O. The van der Waals surface area contributed by atoms with E-state index in [1.807, 2.05) is 0 Å². The third-order valence-corrected chi connectivity index (χ3v) is 4.86. The summed E-state index contributed by atoms with van der Waals surface area (Å²) in [6, 6.07) is -3.17. The van der Waals surface area contributed by atoms with Gasteiger partial charge >= 0.3 is 5.97 Å². The second-order valence-electron chi connectivity index (χ2n) is 7.94. The first-order valence-corrected chi connectivity index (χ1v) is 11.2. The van der Waals surface area contributed by atoms with Crippen molar-refractivity contribution in [1.82, 2.24) is 26.8 Å². The molecule has 0 spiro atoms. The van der Waals surface area contributed by atoms with Gasteiger partial charge in [-0.25, -0.2) is 10.9 Å². The average molecular weight is 503 g/mol. The number of hydrazine groups is 1. The number of rotatable bonds is 21. The van der Waals surface area contributed by atoms with E-state index in [2.05, 4.69) is 26.8 Å². The monoisotopic (exact) mass is 502 g/mol. The number of nitrogens with one attached hydrogen (secondary N) is 5. The van der Waals surface area contributed by atoms with Gasteiger partial charge in [0.05, 0.1) is 24.7 Å². The number of carboxylic acid groups (broad SMARTS) is 1. The third kappa shape index (κ3) is 14.9. The molecule has 0 heterocycles. The number of ketones is 3. The second-order valence-corrected chi connectivity index (χ2v) is 7.94. The summed E-state index contributed by atoms with van der Waals surface area (Å²) in [7, 11) is 1.49. The predicted octanol–water partition coefficient (Wildman–Crippen LogP) is -4.05. The maximum Gasteiger partial charge on any atom is 0.303 e. The molecule has 0 aromatic heterocycles. The molecule has 0 radical (unpaired) electrons. The highest BCUT2D eigenvalue weighted by molar-refractivity contribution is 6.39. The van der Waals surface area contributed by atoms with Crippen molar-refractivity contribution in [2.45, 2.75) is 69.9 Å². The fourth-order valence-corrected chi connectivity index (χ4v) is 2.96. The molecular weight excluding hydrogens is 464 g/mol. The number of carbonyl (C=O) groups is 6. The zero-order valence-corrected chi connectivity index (χ0v) is 20.1. The second kappa shape index (κ2) is 17.6. The lowest BCUT2D eigenvalue weighted by molar-refractivity contribution is -0.138. The van der Waals surface area contributed by atoms with Gasteiger partial charge in [0, 0.05) is 12.8 Å². The Labute approximate surface area is 203 Å². The van der Waals surface area contributed by atoms with E-state index in [1.54, 1.807) is 0 Å². The van der Waals surface area contributed by atoms with Crippen LogP contribution < -0.4 is 44.0 Å². The highest BCUT2D eigenvalue weighted by Gasteiger charge is 2.28. The van der Waals surface area contributed by atoms with Crippen molar-refractivity contribution in [3.63, 3.8) is 0 Å². The van der Waals surface area contributed by atoms with Crippen LogP contribution in [0.2, 0.25) is 0 Å². The number of Topliss-reactive ketones (excluding diaryl/α,β-unsaturated/α-hetero) is 3. The molecule has 0 unspecified atom stereocenters. The van der Waals surface area contributed by atoms with Gasteiger partial charge in [-0.3, -0.25) is 34.1 Å². The third-order valence-electron chi connectivity index (χ3n) is 4.86. The van der Waals surface area contributed by atoms with Crippen LogP contribution in [0.1, 0.15) is 45.4 Å². The van der Waals surface area contributed by atoms with Crippen LogP contribution in [-0.4, -0.2) is 84.8 Å². The summed E-state index contributed by atoms with van der Waals surface area (Å²) in [5.41, 5.74) is 21.3. The van der Waals surface area contributed by atoms with E-state index < -0.39 is 59.5 Å². The molecule has 0 bridgehead atoms. The number of hydrogen-bond acceptors (Lipinski definition) is 12. The number of carboxylic acids is 1. The van der Waals surface area contributed by atoms with Crippen LogP contribution in [0.25, 0.3) is 0 Å². The maximum absolute atomic E-state index is 12.9. The molecule has 0 aromatic rings. The van der Waals surface area contributed by atoms with E-state index in [1.165, 1.54) is 14.0 Å². The van der Waals surface area contributed by atoms with Crippen molar-refractivity contribution in [1.29, 1.82) is 0 Å². The highest BCUT2D eigenvalue weighted by atomic mass is 16.4. The van der Waals surface area contributed by atoms with Gasteiger partial charge in [-0.2, -0.15) is 0 Å². The average Bonchev–Trinajstić information content (AvgIpc) is 2.76. The highest BCUT2D eigenvalue weighted by Crippen LogP contribution is 2.04. The summed E-state index contributed by atoms with van der Waals surface area (Å²) >= 11 is 0. The van der Waals surface area contributed by atoms with Crippen molar-refractivity contribution in [2.75, 3.05) is 20.1 Å². The molecule has 12 N–H and O–H groups in total. The number of carbonyl (C=O) groups excluding carboxylic acids is 5. The molecule has 35 heavy (non-hydrogen) atoms. The Morgan fingerprint density at radius 2 is 1.49 bits per heavy atom. The minimum atomic E-state index is -1.15. The van der Waals surface area contributed by atoms with Gasteiger partial charge < -0.3 is 32.9 Å². The zero-order valence-electron chi connectivity index (χ0n) is 20.1. The number of primary amides is 1. The minimum absolute atomic E-state index is 0.0940. The molecule has 0 aromatic carbocycles. The van der Waals surface area contributed by atoms with Crippen LogP contribution in [0.4, 0.5) is 0 Å². The smallest absolute Gasteiger partial charge is 0.303 e. The molecule has 0 aliphatic heterocycles. The van der Waals surface area contributed by atoms with Gasteiger partial charge in [0.25, 0.3) is 0 Å².